The van der Waals surface area contributed by atoms with E-state index in [2.05, 4.69) is 34.9 Å². The molecule has 7 heteroatoms. The maximum Gasteiger partial charge on any atom is 0.411 e. The fraction of sp³-hybridized carbons (Fsp3) is 0.250. The van der Waals surface area contributed by atoms with Gasteiger partial charge < -0.3 is 15.2 Å². The Hall–Kier alpha value is -4.13. The first-order valence-corrected chi connectivity index (χ1v) is 11.6. The van der Waals surface area contributed by atoms with E-state index in [9.17, 15) is 14.4 Å². The van der Waals surface area contributed by atoms with Crippen LogP contribution in [0.2, 0.25) is 0 Å². The lowest BCUT2D eigenvalue weighted by molar-refractivity contribution is -0.141. The molecule has 35 heavy (non-hydrogen) atoms. The second-order valence-electron chi connectivity index (χ2n) is 8.78. The molecule has 1 aliphatic rings. The van der Waals surface area contributed by atoms with Gasteiger partial charge in [0, 0.05) is 18.2 Å². The molecule has 3 aromatic rings. The van der Waals surface area contributed by atoms with Crippen molar-refractivity contribution >= 4 is 23.7 Å². The van der Waals surface area contributed by atoms with Gasteiger partial charge in [-0.05, 0) is 46.9 Å². The molecule has 180 valence electrons. The molecule has 0 bridgehead atoms. The minimum atomic E-state index is -0.957. The number of carboxylic acid groups (broad SMARTS) is 1. The number of fused-ring (bicyclic) bond motifs is 3. The summed E-state index contributed by atoms with van der Waals surface area (Å²) in [7, 11) is 0. The number of ether oxygens (including phenoxy) is 1. The SMILES string of the molecule is CC(CNC(=O)C(C)c1ccc(NC(=O)OCC2c3ccccc3-c3ccccc32)cc1)C(=O)O. The van der Waals surface area contributed by atoms with Crippen LogP contribution in [0.15, 0.2) is 72.8 Å². The second-order valence-corrected chi connectivity index (χ2v) is 8.78. The molecular weight excluding hydrogens is 444 g/mol. The van der Waals surface area contributed by atoms with Crippen molar-refractivity contribution in [1.29, 1.82) is 0 Å². The normalized spacial score (nSPS) is 13.8. The van der Waals surface area contributed by atoms with Gasteiger partial charge in [-0.2, -0.15) is 0 Å². The number of amides is 2. The van der Waals surface area contributed by atoms with Crippen LogP contribution in [0.3, 0.4) is 0 Å². The van der Waals surface area contributed by atoms with Crippen LogP contribution in [-0.4, -0.2) is 36.2 Å². The third kappa shape index (κ3) is 5.35. The molecule has 0 fully saturated rings. The zero-order valence-corrected chi connectivity index (χ0v) is 19.7. The Kier molecular flexibility index (Phi) is 7.15. The molecule has 7 nitrogen and oxygen atoms in total. The largest absolute Gasteiger partial charge is 0.481 e. The first-order valence-electron chi connectivity index (χ1n) is 11.6. The number of carbonyl (C=O) groups is 3. The number of carbonyl (C=O) groups excluding carboxylic acids is 2. The first kappa shape index (κ1) is 24.0. The van der Waals surface area contributed by atoms with Crippen LogP contribution < -0.4 is 10.6 Å². The van der Waals surface area contributed by atoms with E-state index >= 15 is 0 Å². The van der Waals surface area contributed by atoms with E-state index in [4.69, 9.17) is 9.84 Å². The fourth-order valence-corrected chi connectivity index (χ4v) is 4.25. The number of benzene rings is 3. The smallest absolute Gasteiger partial charge is 0.411 e. The van der Waals surface area contributed by atoms with Gasteiger partial charge in [-0.15, -0.1) is 0 Å². The van der Waals surface area contributed by atoms with E-state index in [1.807, 2.05) is 24.3 Å². The molecule has 0 aliphatic heterocycles. The van der Waals surface area contributed by atoms with E-state index in [-0.39, 0.29) is 25.0 Å². The average molecular weight is 473 g/mol. The van der Waals surface area contributed by atoms with Crippen LogP contribution >= 0.6 is 0 Å². The summed E-state index contributed by atoms with van der Waals surface area (Å²) in [6.07, 6.45) is -0.548. The number of carboxylic acids is 1. The summed E-state index contributed by atoms with van der Waals surface area (Å²) in [5, 5.41) is 14.3. The highest BCUT2D eigenvalue weighted by atomic mass is 16.5. The van der Waals surface area contributed by atoms with Crippen molar-refractivity contribution in [2.24, 2.45) is 5.92 Å². The zero-order valence-electron chi connectivity index (χ0n) is 19.7. The quantitative estimate of drug-likeness (QED) is 0.429. The lowest BCUT2D eigenvalue weighted by Gasteiger charge is -2.16. The Morgan fingerprint density at radius 3 is 2.03 bits per heavy atom. The topological polar surface area (TPSA) is 105 Å². The van der Waals surface area contributed by atoms with Gasteiger partial charge in [-0.1, -0.05) is 67.6 Å². The molecule has 0 saturated heterocycles. The summed E-state index contributed by atoms with van der Waals surface area (Å²) >= 11 is 0. The highest BCUT2D eigenvalue weighted by Crippen LogP contribution is 2.44. The van der Waals surface area contributed by atoms with E-state index < -0.39 is 23.9 Å². The molecule has 0 saturated carbocycles. The van der Waals surface area contributed by atoms with Crippen molar-refractivity contribution in [3.8, 4) is 11.1 Å². The molecule has 0 spiro atoms. The van der Waals surface area contributed by atoms with E-state index in [0.717, 1.165) is 16.7 Å². The highest BCUT2D eigenvalue weighted by Gasteiger charge is 2.29. The Bertz CT molecular complexity index is 1190. The molecule has 0 aromatic heterocycles. The number of hydrogen-bond acceptors (Lipinski definition) is 4. The number of nitrogens with one attached hydrogen (secondary N) is 2. The van der Waals surface area contributed by atoms with Gasteiger partial charge >= 0.3 is 12.1 Å². The Morgan fingerprint density at radius 1 is 0.886 bits per heavy atom. The molecule has 1 aliphatic carbocycles. The summed E-state index contributed by atoms with van der Waals surface area (Å²) in [4.78, 5) is 35.7. The summed E-state index contributed by atoms with van der Waals surface area (Å²) in [6.45, 7) is 3.58. The fourth-order valence-electron chi connectivity index (χ4n) is 4.25. The lowest BCUT2D eigenvalue weighted by Crippen LogP contribution is -2.34. The minimum absolute atomic E-state index is 0.0151. The highest BCUT2D eigenvalue weighted by molar-refractivity contribution is 5.86. The maximum absolute atomic E-state index is 12.5. The number of hydrogen-bond donors (Lipinski definition) is 3. The van der Waals surface area contributed by atoms with Crippen molar-refractivity contribution < 1.29 is 24.2 Å². The summed E-state index contributed by atoms with van der Waals surface area (Å²) in [5.41, 5.74) is 5.94. The maximum atomic E-state index is 12.5. The van der Waals surface area contributed by atoms with E-state index in [1.54, 1.807) is 31.2 Å². The van der Waals surface area contributed by atoms with Gasteiger partial charge in [0.15, 0.2) is 0 Å². The van der Waals surface area contributed by atoms with E-state index in [1.165, 1.54) is 18.1 Å². The van der Waals surface area contributed by atoms with Gasteiger partial charge in [-0.25, -0.2) is 4.79 Å². The Labute approximate surface area is 204 Å². The molecule has 3 aromatic carbocycles. The van der Waals surface area contributed by atoms with E-state index in [0.29, 0.717) is 5.69 Å². The van der Waals surface area contributed by atoms with Gasteiger partial charge in [-0.3, -0.25) is 14.9 Å². The third-order valence-corrected chi connectivity index (χ3v) is 6.40. The molecule has 2 atom stereocenters. The van der Waals surface area contributed by atoms with Crippen molar-refractivity contribution in [2.45, 2.75) is 25.7 Å². The second kappa shape index (κ2) is 10.4. The van der Waals surface area contributed by atoms with Gasteiger partial charge in [0.25, 0.3) is 0 Å². The van der Waals surface area contributed by atoms with Crippen LogP contribution in [0, 0.1) is 5.92 Å². The van der Waals surface area contributed by atoms with Crippen LogP contribution in [0.1, 0.15) is 42.4 Å². The van der Waals surface area contributed by atoms with Crippen molar-refractivity contribution in [1.82, 2.24) is 5.32 Å². The Morgan fingerprint density at radius 2 is 1.46 bits per heavy atom. The van der Waals surface area contributed by atoms with Crippen LogP contribution in [-0.2, 0) is 14.3 Å². The minimum Gasteiger partial charge on any atom is -0.481 e. The summed E-state index contributed by atoms with van der Waals surface area (Å²) in [5.74, 6) is -2.34. The first-order chi connectivity index (χ1) is 16.8. The van der Waals surface area contributed by atoms with Crippen molar-refractivity contribution in [3.63, 3.8) is 0 Å². The zero-order chi connectivity index (χ0) is 24.9. The summed E-state index contributed by atoms with van der Waals surface area (Å²) < 4.78 is 5.57. The molecule has 2 amide bonds. The summed E-state index contributed by atoms with van der Waals surface area (Å²) in [6, 6.07) is 23.2. The monoisotopic (exact) mass is 472 g/mol. The third-order valence-electron chi connectivity index (χ3n) is 6.40. The van der Waals surface area contributed by atoms with Crippen LogP contribution in [0.4, 0.5) is 10.5 Å². The van der Waals surface area contributed by atoms with Gasteiger partial charge in [0.2, 0.25) is 5.91 Å². The lowest BCUT2D eigenvalue weighted by atomic mass is 9.98. The van der Waals surface area contributed by atoms with Crippen LogP contribution in [0.25, 0.3) is 11.1 Å². The number of aliphatic carboxylic acids is 1. The van der Waals surface area contributed by atoms with Crippen molar-refractivity contribution in [2.75, 3.05) is 18.5 Å². The molecule has 0 heterocycles. The molecule has 3 N–H and O–H groups in total. The molecule has 0 radical (unpaired) electrons. The molecule has 2 unspecified atom stereocenters. The van der Waals surface area contributed by atoms with Crippen molar-refractivity contribution in [3.05, 3.63) is 89.5 Å². The predicted molar refractivity (Wildman–Crippen MR) is 133 cm³/mol. The average Bonchev–Trinajstić information content (AvgIpc) is 3.19. The molecular formula is C28H28N2O5. The number of anilines is 1. The standard InChI is InChI=1S/C28H28N2O5/c1-17(27(32)33)15-29-26(31)18(2)19-11-13-20(14-12-19)30-28(34)35-16-25-23-9-5-3-7-21(23)22-8-4-6-10-24(22)25/h3-14,17-18,25H,15-16H2,1-2H3,(H,29,31)(H,30,34)(H,32,33). The van der Waals surface area contributed by atoms with Crippen LogP contribution in [0.5, 0.6) is 0 Å². The van der Waals surface area contributed by atoms with Gasteiger partial charge in [0.05, 0.1) is 11.8 Å². The molecule has 4 rings (SSSR count). The Balaban J connectivity index is 1.32. The van der Waals surface area contributed by atoms with Gasteiger partial charge in [0.1, 0.15) is 6.61 Å². The predicted octanol–water partition coefficient (Wildman–Crippen LogP) is 4.99. The number of rotatable bonds is 8.